The SMILES string of the molecule is O=S(=O)(c1cc(F)ccc1F)N1CC(OCc2cccc(F)c2)C1. The van der Waals surface area contributed by atoms with E-state index in [0.717, 1.165) is 16.4 Å². The van der Waals surface area contributed by atoms with Crippen LogP contribution in [0, 0.1) is 17.5 Å². The van der Waals surface area contributed by atoms with Crippen molar-refractivity contribution in [2.45, 2.75) is 17.6 Å². The van der Waals surface area contributed by atoms with Crippen LogP contribution in [0.3, 0.4) is 0 Å². The van der Waals surface area contributed by atoms with Gasteiger partial charge in [-0.15, -0.1) is 0 Å². The van der Waals surface area contributed by atoms with Gasteiger partial charge in [-0.05, 0) is 35.9 Å². The van der Waals surface area contributed by atoms with Crippen molar-refractivity contribution in [2.75, 3.05) is 13.1 Å². The van der Waals surface area contributed by atoms with Crippen LogP contribution < -0.4 is 0 Å². The molecule has 1 heterocycles. The molecular formula is C16H14F3NO3S. The van der Waals surface area contributed by atoms with Crippen molar-refractivity contribution in [3.05, 3.63) is 65.5 Å². The highest BCUT2D eigenvalue weighted by molar-refractivity contribution is 7.89. The van der Waals surface area contributed by atoms with E-state index in [1.165, 1.54) is 12.1 Å². The highest BCUT2D eigenvalue weighted by atomic mass is 32.2. The van der Waals surface area contributed by atoms with Gasteiger partial charge in [-0.25, -0.2) is 21.6 Å². The Morgan fingerprint density at radius 1 is 1.04 bits per heavy atom. The summed E-state index contributed by atoms with van der Waals surface area (Å²) >= 11 is 0. The Kier molecular flexibility index (Phi) is 4.62. The van der Waals surface area contributed by atoms with Crippen LogP contribution in [0.25, 0.3) is 0 Å². The summed E-state index contributed by atoms with van der Waals surface area (Å²) in [6.07, 6.45) is -0.375. The van der Waals surface area contributed by atoms with Crippen molar-refractivity contribution in [3.8, 4) is 0 Å². The number of benzene rings is 2. The summed E-state index contributed by atoms with van der Waals surface area (Å²) in [6.45, 7) is 0.214. The van der Waals surface area contributed by atoms with Gasteiger partial charge in [-0.1, -0.05) is 12.1 Å². The van der Waals surface area contributed by atoms with E-state index in [0.29, 0.717) is 11.6 Å². The summed E-state index contributed by atoms with van der Waals surface area (Å²) in [7, 11) is -4.10. The van der Waals surface area contributed by atoms with Gasteiger partial charge in [0.25, 0.3) is 0 Å². The van der Waals surface area contributed by atoms with Gasteiger partial charge in [0.05, 0.1) is 12.7 Å². The average Bonchev–Trinajstić information content (AvgIpc) is 2.48. The van der Waals surface area contributed by atoms with Gasteiger partial charge in [0.1, 0.15) is 22.3 Å². The molecule has 128 valence electrons. The van der Waals surface area contributed by atoms with Gasteiger partial charge in [0.2, 0.25) is 10.0 Å². The lowest BCUT2D eigenvalue weighted by molar-refractivity contribution is -0.0297. The lowest BCUT2D eigenvalue weighted by Gasteiger charge is -2.37. The molecule has 0 aliphatic carbocycles. The second-order valence-electron chi connectivity index (χ2n) is 5.46. The maximum absolute atomic E-state index is 13.7. The number of rotatable bonds is 5. The maximum Gasteiger partial charge on any atom is 0.246 e. The van der Waals surface area contributed by atoms with Crippen molar-refractivity contribution in [3.63, 3.8) is 0 Å². The second kappa shape index (κ2) is 6.54. The van der Waals surface area contributed by atoms with E-state index < -0.39 is 26.6 Å². The van der Waals surface area contributed by atoms with Crippen molar-refractivity contribution in [1.29, 1.82) is 0 Å². The number of ether oxygens (including phenoxy) is 1. The van der Waals surface area contributed by atoms with Crippen molar-refractivity contribution in [2.24, 2.45) is 0 Å². The van der Waals surface area contributed by atoms with E-state index in [-0.39, 0.29) is 31.6 Å². The smallest absolute Gasteiger partial charge is 0.246 e. The monoisotopic (exact) mass is 357 g/mol. The summed E-state index contributed by atoms with van der Waals surface area (Å²) in [4.78, 5) is -0.689. The summed E-state index contributed by atoms with van der Waals surface area (Å²) in [5.41, 5.74) is 0.632. The molecule has 3 rings (SSSR count). The molecule has 1 aliphatic heterocycles. The van der Waals surface area contributed by atoms with E-state index in [1.54, 1.807) is 12.1 Å². The zero-order valence-corrected chi connectivity index (χ0v) is 13.3. The predicted octanol–water partition coefficient (Wildman–Crippen LogP) is 2.69. The third-order valence-electron chi connectivity index (χ3n) is 3.70. The first-order valence-electron chi connectivity index (χ1n) is 7.17. The molecule has 0 atom stereocenters. The Hall–Kier alpha value is -1.90. The third-order valence-corrected chi connectivity index (χ3v) is 5.55. The molecule has 0 N–H and O–H groups in total. The first-order valence-corrected chi connectivity index (χ1v) is 8.61. The zero-order chi connectivity index (χ0) is 17.3. The highest BCUT2D eigenvalue weighted by Gasteiger charge is 2.38. The number of sulfonamides is 1. The molecule has 0 amide bonds. The Bertz CT molecular complexity index is 851. The van der Waals surface area contributed by atoms with Crippen LogP contribution >= 0.6 is 0 Å². The van der Waals surface area contributed by atoms with Crippen LogP contribution in [0.2, 0.25) is 0 Å². The first-order chi connectivity index (χ1) is 11.4. The number of hydrogen-bond acceptors (Lipinski definition) is 3. The van der Waals surface area contributed by atoms with Crippen LogP contribution in [-0.4, -0.2) is 31.9 Å². The number of hydrogen-bond donors (Lipinski definition) is 0. The molecule has 0 saturated carbocycles. The second-order valence-corrected chi connectivity index (χ2v) is 7.37. The van der Waals surface area contributed by atoms with Crippen molar-refractivity contribution >= 4 is 10.0 Å². The topological polar surface area (TPSA) is 46.6 Å². The van der Waals surface area contributed by atoms with Gasteiger partial charge < -0.3 is 4.74 Å². The van der Waals surface area contributed by atoms with E-state index in [1.807, 2.05) is 0 Å². The number of nitrogens with zero attached hydrogens (tertiary/aromatic N) is 1. The minimum absolute atomic E-state index is 0.0353. The fourth-order valence-corrected chi connectivity index (χ4v) is 3.94. The maximum atomic E-state index is 13.7. The fourth-order valence-electron chi connectivity index (χ4n) is 2.36. The summed E-state index contributed by atoms with van der Waals surface area (Å²) in [5.74, 6) is -2.20. The molecule has 1 fully saturated rings. The zero-order valence-electron chi connectivity index (χ0n) is 12.5. The molecule has 0 aromatic heterocycles. The summed E-state index contributed by atoms with van der Waals surface area (Å²) in [6, 6.07) is 8.18. The molecule has 0 radical (unpaired) electrons. The highest BCUT2D eigenvalue weighted by Crippen LogP contribution is 2.26. The molecule has 1 aliphatic rings. The lowest BCUT2D eigenvalue weighted by Crippen LogP contribution is -2.54. The molecule has 1 saturated heterocycles. The molecule has 0 spiro atoms. The first kappa shape index (κ1) is 16.9. The van der Waals surface area contributed by atoms with E-state index >= 15 is 0 Å². The molecule has 0 unspecified atom stereocenters. The largest absolute Gasteiger partial charge is 0.371 e. The Labute approximate surface area is 137 Å². The van der Waals surface area contributed by atoms with Crippen molar-refractivity contribution < 1.29 is 26.3 Å². The van der Waals surface area contributed by atoms with E-state index in [2.05, 4.69) is 0 Å². The molecule has 8 heteroatoms. The van der Waals surface area contributed by atoms with Crippen LogP contribution in [0.5, 0.6) is 0 Å². The van der Waals surface area contributed by atoms with Gasteiger partial charge >= 0.3 is 0 Å². The summed E-state index contributed by atoms with van der Waals surface area (Å²) in [5, 5.41) is 0. The van der Waals surface area contributed by atoms with Crippen LogP contribution in [-0.2, 0) is 21.4 Å². The molecule has 0 bridgehead atoms. The van der Waals surface area contributed by atoms with Gasteiger partial charge in [0.15, 0.2) is 0 Å². The Morgan fingerprint density at radius 2 is 1.75 bits per heavy atom. The predicted molar refractivity (Wildman–Crippen MR) is 80.1 cm³/mol. The number of halogens is 3. The fraction of sp³-hybridized carbons (Fsp3) is 0.250. The minimum atomic E-state index is -4.10. The Balaban J connectivity index is 1.60. The average molecular weight is 357 g/mol. The molecule has 2 aromatic carbocycles. The standard InChI is InChI=1S/C16H14F3NO3S/c17-12-3-1-2-11(6-12)10-23-14-8-20(9-14)24(21,22)16-7-13(18)4-5-15(16)19/h1-7,14H,8-10H2. The quantitative estimate of drug-likeness (QED) is 0.827. The molecule has 24 heavy (non-hydrogen) atoms. The van der Waals surface area contributed by atoms with Crippen molar-refractivity contribution in [1.82, 2.24) is 4.31 Å². The summed E-state index contributed by atoms with van der Waals surface area (Å²) < 4.78 is 70.9. The third kappa shape index (κ3) is 3.45. The molecule has 4 nitrogen and oxygen atoms in total. The molecule has 2 aromatic rings. The lowest BCUT2D eigenvalue weighted by atomic mass is 10.2. The Morgan fingerprint density at radius 3 is 2.46 bits per heavy atom. The van der Waals surface area contributed by atoms with Crippen LogP contribution in [0.15, 0.2) is 47.4 Å². The van der Waals surface area contributed by atoms with Crippen LogP contribution in [0.4, 0.5) is 13.2 Å². The van der Waals surface area contributed by atoms with Gasteiger partial charge in [-0.2, -0.15) is 4.31 Å². The molecular weight excluding hydrogens is 343 g/mol. The normalized spacial score (nSPS) is 16.1. The van der Waals surface area contributed by atoms with E-state index in [9.17, 15) is 21.6 Å². The van der Waals surface area contributed by atoms with Gasteiger partial charge in [0, 0.05) is 13.1 Å². The van der Waals surface area contributed by atoms with Crippen LogP contribution in [0.1, 0.15) is 5.56 Å². The minimum Gasteiger partial charge on any atom is -0.371 e. The van der Waals surface area contributed by atoms with Gasteiger partial charge in [-0.3, -0.25) is 0 Å². The van der Waals surface area contributed by atoms with E-state index in [4.69, 9.17) is 4.74 Å².